The fourth-order valence-electron chi connectivity index (χ4n) is 3.00. The van der Waals surface area contributed by atoms with Crippen molar-refractivity contribution < 1.29 is 4.79 Å². The van der Waals surface area contributed by atoms with Crippen LogP contribution in [0.3, 0.4) is 0 Å². The number of amides is 1. The van der Waals surface area contributed by atoms with Gasteiger partial charge in [0, 0.05) is 32.6 Å². The van der Waals surface area contributed by atoms with Gasteiger partial charge < -0.3 is 10.6 Å². The fraction of sp³-hybridized carbons (Fsp3) is 0.857. The standard InChI is InChI=1S/C14H25N3OS/c1-2-12(14(15)19)16-6-8-17(9-7-16)13(18)10-11-4-3-5-11/h11-12H,2-10H2,1H3,(H2,15,19). The zero-order valence-corrected chi connectivity index (χ0v) is 12.6. The Labute approximate surface area is 121 Å². The highest BCUT2D eigenvalue weighted by atomic mass is 32.1. The number of rotatable bonds is 5. The summed E-state index contributed by atoms with van der Waals surface area (Å²) in [6, 6.07) is 0.193. The van der Waals surface area contributed by atoms with E-state index >= 15 is 0 Å². The molecule has 1 saturated carbocycles. The van der Waals surface area contributed by atoms with Crippen LogP contribution in [0.2, 0.25) is 0 Å². The van der Waals surface area contributed by atoms with E-state index in [2.05, 4.69) is 11.8 Å². The Hall–Kier alpha value is -0.680. The molecule has 1 aliphatic carbocycles. The topological polar surface area (TPSA) is 49.6 Å². The van der Waals surface area contributed by atoms with Gasteiger partial charge in [0.1, 0.15) is 0 Å². The second kappa shape index (κ2) is 6.66. The highest BCUT2D eigenvalue weighted by molar-refractivity contribution is 7.80. The first kappa shape index (κ1) is 14.7. The predicted molar refractivity (Wildman–Crippen MR) is 81.0 cm³/mol. The molecular formula is C14H25N3OS. The number of carbonyl (C=O) groups is 1. The maximum atomic E-state index is 12.1. The van der Waals surface area contributed by atoms with Crippen LogP contribution in [0.25, 0.3) is 0 Å². The highest BCUT2D eigenvalue weighted by Crippen LogP contribution is 2.30. The van der Waals surface area contributed by atoms with Crippen LogP contribution >= 0.6 is 12.2 Å². The molecule has 1 unspecified atom stereocenters. The molecule has 2 aliphatic rings. The van der Waals surface area contributed by atoms with Gasteiger partial charge in [-0.3, -0.25) is 9.69 Å². The third-order valence-electron chi connectivity index (χ3n) is 4.51. The second-order valence-corrected chi connectivity index (χ2v) is 6.22. The van der Waals surface area contributed by atoms with Crippen molar-refractivity contribution in [1.29, 1.82) is 0 Å². The molecule has 1 amide bonds. The Balaban J connectivity index is 1.77. The lowest BCUT2D eigenvalue weighted by Gasteiger charge is -2.39. The van der Waals surface area contributed by atoms with Crippen LogP contribution in [0, 0.1) is 5.92 Å². The van der Waals surface area contributed by atoms with E-state index in [0.29, 0.717) is 16.8 Å². The van der Waals surface area contributed by atoms with Crippen molar-refractivity contribution in [3.8, 4) is 0 Å². The van der Waals surface area contributed by atoms with Crippen molar-refractivity contribution in [3.05, 3.63) is 0 Å². The van der Waals surface area contributed by atoms with Crippen LogP contribution in [-0.2, 0) is 4.79 Å². The van der Waals surface area contributed by atoms with E-state index in [1.165, 1.54) is 19.3 Å². The minimum atomic E-state index is 0.193. The molecule has 0 aromatic rings. The summed E-state index contributed by atoms with van der Waals surface area (Å²) >= 11 is 5.11. The minimum Gasteiger partial charge on any atom is -0.392 e. The Morgan fingerprint density at radius 3 is 2.37 bits per heavy atom. The van der Waals surface area contributed by atoms with E-state index in [1.807, 2.05) is 4.90 Å². The Morgan fingerprint density at radius 2 is 1.95 bits per heavy atom. The van der Waals surface area contributed by atoms with Crippen LogP contribution in [0.1, 0.15) is 39.0 Å². The van der Waals surface area contributed by atoms with Gasteiger partial charge in [-0.05, 0) is 25.2 Å². The molecule has 1 saturated heterocycles. The predicted octanol–water partition coefficient (Wildman–Crippen LogP) is 1.39. The molecule has 0 aromatic heterocycles. The molecule has 0 spiro atoms. The molecule has 2 rings (SSSR count). The normalized spacial score (nSPS) is 22.9. The van der Waals surface area contributed by atoms with Gasteiger partial charge in [0.15, 0.2) is 0 Å². The molecule has 2 fully saturated rings. The molecule has 1 heterocycles. The lowest BCUT2D eigenvalue weighted by Crippen LogP contribution is -2.54. The second-order valence-electron chi connectivity index (χ2n) is 5.74. The molecule has 0 bridgehead atoms. The SMILES string of the molecule is CCC(C(N)=S)N1CCN(C(=O)CC2CCC2)CC1. The van der Waals surface area contributed by atoms with Gasteiger partial charge in [0.05, 0.1) is 11.0 Å². The lowest BCUT2D eigenvalue weighted by molar-refractivity contribution is -0.134. The third-order valence-corrected chi connectivity index (χ3v) is 4.78. The van der Waals surface area contributed by atoms with Gasteiger partial charge in [-0.2, -0.15) is 0 Å². The van der Waals surface area contributed by atoms with Crippen molar-refractivity contribution >= 4 is 23.1 Å². The van der Waals surface area contributed by atoms with Crippen LogP contribution in [0.5, 0.6) is 0 Å². The van der Waals surface area contributed by atoms with Crippen molar-refractivity contribution in [1.82, 2.24) is 9.80 Å². The number of nitrogens with zero attached hydrogens (tertiary/aromatic N) is 2. The summed E-state index contributed by atoms with van der Waals surface area (Å²) < 4.78 is 0. The first-order valence-electron chi connectivity index (χ1n) is 7.43. The maximum absolute atomic E-state index is 12.1. The van der Waals surface area contributed by atoms with Gasteiger partial charge >= 0.3 is 0 Å². The van der Waals surface area contributed by atoms with Gasteiger partial charge in [0.2, 0.25) is 5.91 Å². The zero-order valence-electron chi connectivity index (χ0n) is 11.8. The van der Waals surface area contributed by atoms with E-state index < -0.39 is 0 Å². The molecule has 2 N–H and O–H groups in total. The minimum absolute atomic E-state index is 0.193. The number of hydrogen-bond donors (Lipinski definition) is 1. The summed E-state index contributed by atoms with van der Waals surface area (Å²) in [4.78, 5) is 17.0. The molecular weight excluding hydrogens is 258 g/mol. The lowest BCUT2D eigenvalue weighted by atomic mass is 9.82. The summed E-state index contributed by atoms with van der Waals surface area (Å²) in [7, 11) is 0. The number of hydrogen-bond acceptors (Lipinski definition) is 3. The highest BCUT2D eigenvalue weighted by Gasteiger charge is 2.28. The number of thiocarbonyl (C=S) groups is 1. The fourth-order valence-corrected chi connectivity index (χ4v) is 3.31. The van der Waals surface area contributed by atoms with E-state index in [1.54, 1.807) is 0 Å². The first-order chi connectivity index (χ1) is 9.11. The van der Waals surface area contributed by atoms with Crippen molar-refractivity contribution in [3.63, 3.8) is 0 Å². The van der Waals surface area contributed by atoms with Gasteiger partial charge in [-0.25, -0.2) is 0 Å². The first-order valence-corrected chi connectivity index (χ1v) is 7.83. The molecule has 0 aromatic carbocycles. The smallest absolute Gasteiger partial charge is 0.222 e. The van der Waals surface area contributed by atoms with E-state index in [9.17, 15) is 4.79 Å². The Kier molecular flexibility index (Phi) is 5.16. The largest absolute Gasteiger partial charge is 0.392 e. The maximum Gasteiger partial charge on any atom is 0.222 e. The van der Waals surface area contributed by atoms with Crippen molar-refractivity contribution in [2.45, 2.75) is 45.1 Å². The van der Waals surface area contributed by atoms with Gasteiger partial charge in [-0.1, -0.05) is 25.6 Å². The van der Waals surface area contributed by atoms with Crippen LogP contribution in [-0.4, -0.2) is 52.9 Å². The molecule has 19 heavy (non-hydrogen) atoms. The average molecular weight is 283 g/mol. The summed E-state index contributed by atoms with van der Waals surface area (Å²) in [6.45, 7) is 5.55. The number of nitrogens with two attached hydrogens (primary N) is 1. The van der Waals surface area contributed by atoms with E-state index in [4.69, 9.17) is 18.0 Å². The molecule has 108 valence electrons. The summed E-state index contributed by atoms with van der Waals surface area (Å²) in [6.07, 6.45) is 5.49. The molecule has 1 aliphatic heterocycles. The number of piperazine rings is 1. The average Bonchev–Trinajstić information content (AvgIpc) is 2.35. The summed E-state index contributed by atoms with van der Waals surface area (Å²) in [5.41, 5.74) is 5.77. The molecule has 4 nitrogen and oxygen atoms in total. The Bertz CT molecular complexity index is 336. The summed E-state index contributed by atoms with van der Waals surface area (Å²) in [5.74, 6) is 0.998. The monoisotopic (exact) mass is 283 g/mol. The molecule has 5 heteroatoms. The molecule has 1 atom stereocenters. The van der Waals surface area contributed by atoms with E-state index in [-0.39, 0.29) is 6.04 Å². The zero-order chi connectivity index (χ0) is 13.8. The van der Waals surface area contributed by atoms with E-state index in [0.717, 1.165) is 39.0 Å². The van der Waals surface area contributed by atoms with Crippen molar-refractivity contribution in [2.24, 2.45) is 11.7 Å². The van der Waals surface area contributed by atoms with Crippen LogP contribution in [0.15, 0.2) is 0 Å². The van der Waals surface area contributed by atoms with Crippen LogP contribution < -0.4 is 5.73 Å². The summed E-state index contributed by atoms with van der Waals surface area (Å²) in [5, 5.41) is 0. The van der Waals surface area contributed by atoms with Crippen molar-refractivity contribution in [2.75, 3.05) is 26.2 Å². The van der Waals surface area contributed by atoms with Crippen LogP contribution in [0.4, 0.5) is 0 Å². The van der Waals surface area contributed by atoms with Gasteiger partial charge in [0.25, 0.3) is 0 Å². The Morgan fingerprint density at radius 1 is 1.32 bits per heavy atom. The van der Waals surface area contributed by atoms with Gasteiger partial charge in [-0.15, -0.1) is 0 Å². The third kappa shape index (κ3) is 3.66. The quantitative estimate of drug-likeness (QED) is 0.775. The number of carbonyl (C=O) groups excluding carboxylic acids is 1. The molecule has 0 radical (unpaired) electrons.